The molecule has 2 saturated heterocycles. The van der Waals surface area contributed by atoms with E-state index in [0.29, 0.717) is 26.1 Å². The molecule has 0 radical (unpaired) electrons. The molecule has 2 amide bonds. The van der Waals surface area contributed by atoms with Crippen molar-refractivity contribution >= 4 is 24.2 Å². The van der Waals surface area contributed by atoms with Gasteiger partial charge in [0, 0.05) is 26.6 Å². The van der Waals surface area contributed by atoms with Gasteiger partial charge in [-0.05, 0) is 19.4 Å². The fraction of sp³-hybridized carbons (Fsp3) is 0.833. The third-order valence-electron chi connectivity index (χ3n) is 3.70. The predicted molar refractivity (Wildman–Crippen MR) is 73.2 cm³/mol. The summed E-state index contributed by atoms with van der Waals surface area (Å²) in [5.74, 6) is -0.309. The van der Waals surface area contributed by atoms with Crippen molar-refractivity contribution in [2.45, 2.75) is 24.8 Å². The van der Waals surface area contributed by atoms with Gasteiger partial charge in [-0.1, -0.05) is 0 Å². The summed E-state index contributed by atoms with van der Waals surface area (Å²) in [6, 6.07) is 0. The van der Waals surface area contributed by atoms with Crippen molar-refractivity contribution in [1.82, 2.24) is 16.0 Å². The fourth-order valence-electron chi connectivity index (χ4n) is 2.66. The Morgan fingerprint density at radius 2 is 2.37 bits per heavy atom. The second-order valence-corrected chi connectivity index (χ2v) is 5.17. The molecule has 2 heterocycles. The number of methoxy groups -OCH3 is 1. The Morgan fingerprint density at radius 1 is 1.58 bits per heavy atom. The number of hydrogen-bond acceptors (Lipinski definition) is 4. The summed E-state index contributed by atoms with van der Waals surface area (Å²) in [6.07, 6.45) is 2.40. The van der Waals surface area contributed by atoms with E-state index in [-0.39, 0.29) is 35.7 Å². The predicted octanol–water partition coefficient (Wildman–Crippen LogP) is -0.571. The molecular weight excluding hydrogens is 270 g/mol. The Hall–Kier alpha value is -0.850. The highest BCUT2D eigenvalue weighted by Gasteiger charge is 2.35. The minimum Gasteiger partial charge on any atom is -0.383 e. The van der Waals surface area contributed by atoms with Gasteiger partial charge < -0.3 is 20.7 Å². The van der Waals surface area contributed by atoms with Crippen LogP contribution in [0.2, 0.25) is 0 Å². The lowest BCUT2D eigenvalue weighted by Crippen LogP contribution is -2.53. The zero-order valence-corrected chi connectivity index (χ0v) is 12.0. The molecule has 2 aliphatic rings. The zero-order chi connectivity index (χ0) is 13.0. The summed E-state index contributed by atoms with van der Waals surface area (Å²) in [5, 5.41) is 9.02. The molecule has 0 saturated carbocycles. The molecule has 2 aliphatic heterocycles. The van der Waals surface area contributed by atoms with Gasteiger partial charge in [-0.15, -0.1) is 12.4 Å². The Morgan fingerprint density at radius 3 is 2.89 bits per heavy atom. The SMILES string of the molecule is COCC1(CNC(=O)C2CNC(=O)C2)CCCN1.Cl. The lowest BCUT2D eigenvalue weighted by Gasteiger charge is -2.29. The number of ether oxygens (including phenoxy) is 1. The van der Waals surface area contributed by atoms with Gasteiger partial charge in [-0.2, -0.15) is 0 Å². The van der Waals surface area contributed by atoms with Gasteiger partial charge in [0.1, 0.15) is 0 Å². The minimum absolute atomic E-state index is 0. The summed E-state index contributed by atoms with van der Waals surface area (Å²) >= 11 is 0. The number of halogens is 1. The van der Waals surface area contributed by atoms with Crippen LogP contribution in [0.15, 0.2) is 0 Å². The molecule has 0 aromatic carbocycles. The molecule has 0 bridgehead atoms. The Balaban J connectivity index is 0.00000180. The van der Waals surface area contributed by atoms with E-state index in [1.165, 1.54) is 0 Å². The van der Waals surface area contributed by atoms with E-state index in [2.05, 4.69) is 16.0 Å². The summed E-state index contributed by atoms with van der Waals surface area (Å²) < 4.78 is 5.22. The van der Waals surface area contributed by atoms with Crippen molar-refractivity contribution in [3.63, 3.8) is 0 Å². The summed E-state index contributed by atoms with van der Waals surface area (Å²) in [5.41, 5.74) is -0.138. The molecule has 3 N–H and O–H groups in total. The van der Waals surface area contributed by atoms with Crippen LogP contribution < -0.4 is 16.0 Å². The smallest absolute Gasteiger partial charge is 0.225 e. The molecule has 0 aliphatic carbocycles. The van der Waals surface area contributed by atoms with Crippen LogP contribution in [-0.2, 0) is 14.3 Å². The second-order valence-electron chi connectivity index (χ2n) is 5.17. The van der Waals surface area contributed by atoms with Gasteiger partial charge in [0.2, 0.25) is 11.8 Å². The van der Waals surface area contributed by atoms with Gasteiger partial charge in [0.05, 0.1) is 18.1 Å². The van der Waals surface area contributed by atoms with E-state index >= 15 is 0 Å². The van der Waals surface area contributed by atoms with E-state index in [9.17, 15) is 9.59 Å². The molecule has 19 heavy (non-hydrogen) atoms. The fourth-order valence-corrected chi connectivity index (χ4v) is 2.66. The first-order valence-electron chi connectivity index (χ1n) is 6.44. The first-order chi connectivity index (χ1) is 8.65. The van der Waals surface area contributed by atoms with Crippen LogP contribution in [0.1, 0.15) is 19.3 Å². The Labute approximate surface area is 119 Å². The highest BCUT2D eigenvalue weighted by Crippen LogP contribution is 2.19. The first kappa shape index (κ1) is 16.2. The van der Waals surface area contributed by atoms with E-state index in [0.717, 1.165) is 19.4 Å². The Kier molecular flexibility index (Phi) is 6.03. The van der Waals surface area contributed by atoms with Crippen LogP contribution in [-0.4, -0.2) is 50.7 Å². The maximum Gasteiger partial charge on any atom is 0.225 e. The first-order valence-corrected chi connectivity index (χ1v) is 6.44. The number of nitrogens with one attached hydrogen (secondary N) is 3. The second kappa shape index (κ2) is 7.07. The van der Waals surface area contributed by atoms with Crippen molar-refractivity contribution < 1.29 is 14.3 Å². The number of hydrogen-bond donors (Lipinski definition) is 3. The molecule has 0 spiro atoms. The maximum atomic E-state index is 11.9. The van der Waals surface area contributed by atoms with Crippen molar-refractivity contribution in [2.75, 3.05) is 33.4 Å². The molecule has 0 aromatic heterocycles. The lowest BCUT2D eigenvalue weighted by molar-refractivity contribution is -0.126. The molecule has 7 heteroatoms. The average molecular weight is 292 g/mol. The Bertz CT molecular complexity index is 332. The van der Waals surface area contributed by atoms with Crippen molar-refractivity contribution in [3.8, 4) is 0 Å². The zero-order valence-electron chi connectivity index (χ0n) is 11.2. The maximum absolute atomic E-state index is 11.9. The van der Waals surface area contributed by atoms with Crippen LogP contribution in [0.4, 0.5) is 0 Å². The van der Waals surface area contributed by atoms with Crippen LogP contribution in [0, 0.1) is 5.92 Å². The number of rotatable bonds is 5. The van der Waals surface area contributed by atoms with Crippen LogP contribution >= 0.6 is 12.4 Å². The van der Waals surface area contributed by atoms with Gasteiger partial charge >= 0.3 is 0 Å². The largest absolute Gasteiger partial charge is 0.383 e. The number of carbonyl (C=O) groups is 2. The molecule has 2 rings (SSSR count). The number of carbonyl (C=O) groups excluding carboxylic acids is 2. The van der Waals surface area contributed by atoms with Gasteiger partial charge in [-0.25, -0.2) is 0 Å². The van der Waals surface area contributed by atoms with E-state index in [1.54, 1.807) is 7.11 Å². The molecule has 2 fully saturated rings. The van der Waals surface area contributed by atoms with Crippen LogP contribution in [0.5, 0.6) is 0 Å². The summed E-state index contributed by atoms with van der Waals surface area (Å²) in [4.78, 5) is 23.0. The molecule has 0 aromatic rings. The van der Waals surface area contributed by atoms with E-state index in [1.807, 2.05) is 0 Å². The number of amides is 2. The summed E-state index contributed by atoms with van der Waals surface area (Å²) in [6.45, 7) is 2.57. The highest BCUT2D eigenvalue weighted by molar-refractivity contribution is 5.89. The molecular formula is C12H22ClN3O3. The lowest BCUT2D eigenvalue weighted by atomic mass is 9.98. The normalized spacial score (nSPS) is 29.7. The van der Waals surface area contributed by atoms with E-state index < -0.39 is 0 Å². The van der Waals surface area contributed by atoms with Gasteiger partial charge in [0.25, 0.3) is 0 Å². The highest BCUT2D eigenvalue weighted by atomic mass is 35.5. The van der Waals surface area contributed by atoms with Crippen molar-refractivity contribution in [3.05, 3.63) is 0 Å². The third-order valence-corrected chi connectivity index (χ3v) is 3.70. The van der Waals surface area contributed by atoms with Gasteiger partial charge in [0.15, 0.2) is 0 Å². The minimum atomic E-state index is -0.224. The average Bonchev–Trinajstić information content (AvgIpc) is 2.97. The van der Waals surface area contributed by atoms with Crippen molar-refractivity contribution in [2.24, 2.45) is 5.92 Å². The molecule has 2 atom stereocenters. The van der Waals surface area contributed by atoms with Crippen molar-refractivity contribution in [1.29, 1.82) is 0 Å². The van der Waals surface area contributed by atoms with Crippen LogP contribution in [0.3, 0.4) is 0 Å². The van der Waals surface area contributed by atoms with Gasteiger partial charge in [-0.3, -0.25) is 9.59 Å². The molecule has 110 valence electrons. The topological polar surface area (TPSA) is 79.5 Å². The molecule has 2 unspecified atom stereocenters. The molecule has 6 nitrogen and oxygen atoms in total. The third kappa shape index (κ3) is 4.06. The summed E-state index contributed by atoms with van der Waals surface area (Å²) in [7, 11) is 1.67. The quantitative estimate of drug-likeness (QED) is 0.634. The van der Waals surface area contributed by atoms with E-state index in [4.69, 9.17) is 4.74 Å². The monoisotopic (exact) mass is 291 g/mol. The standard InChI is InChI=1S/C12H21N3O3.ClH/c1-18-8-12(3-2-4-15-12)7-14-11(17)9-5-10(16)13-6-9;/h9,15H,2-8H2,1H3,(H,13,16)(H,14,17);1H. The van der Waals surface area contributed by atoms with Crippen LogP contribution in [0.25, 0.3) is 0 Å².